The van der Waals surface area contributed by atoms with E-state index in [0.717, 1.165) is 28.5 Å². The molecule has 32 heavy (non-hydrogen) atoms. The van der Waals surface area contributed by atoms with E-state index < -0.39 is 17.6 Å². The largest absolute Gasteiger partial charge is 0.444 e. The first-order valence-electron chi connectivity index (χ1n) is 10.7. The molecule has 1 amide bonds. The summed E-state index contributed by atoms with van der Waals surface area (Å²) in [5.41, 5.74) is 1.97. The summed E-state index contributed by atoms with van der Waals surface area (Å²) >= 11 is 1.54. The van der Waals surface area contributed by atoms with Crippen LogP contribution in [0.15, 0.2) is 23.2 Å². The Labute approximate surface area is 191 Å². The molecule has 0 atom stereocenters. The zero-order valence-electron chi connectivity index (χ0n) is 19.2. The Hall–Kier alpha value is -2.36. The van der Waals surface area contributed by atoms with Crippen molar-refractivity contribution in [3.8, 4) is 0 Å². The van der Waals surface area contributed by atoms with E-state index in [4.69, 9.17) is 4.74 Å². The van der Waals surface area contributed by atoms with Gasteiger partial charge in [-0.25, -0.2) is 18.6 Å². The summed E-state index contributed by atoms with van der Waals surface area (Å²) in [6, 6.07) is 5.64. The number of hydrogen-bond acceptors (Lipinski definition) is 6. The molecule has 0 unspecified atom stereocenters. The van der Waals surface area contributed by atoms with Gasteiger partial charge in [0.15, 0.2) is 0 Å². The highest BCUT2D eigenvalue weighted by Gasteiger charge is 2.34. The van der Waals surface area contributed by atoms with Gasteiger partial charge in [0.1, 0.15) is 16.4 Å². The highest BCUT2D eigenvalue weighted by molar-refractivity contribution is 7.98. The number of anilines is 2. The molecule has 2 aromatic heterocycles. The Morgan fingerprint density at radius 3 is 2.53 bits per heavy atom. The third-order valence-corrected chi connectivity index (χ3v) is 5.97. The molecule has 0 aliphatic carbocycles. The molecule has 10 heteroatoms. The maximum absolute atomic E-state index is 13.6. The molecule has 7 nitrogen and oxygen atoms in total. The molecule has 3 heterocycles. The average Bonchev–Trinajstić information content (AvgIpc) is 3.04. The summed E-state index contributed by atoms with van der Waals surface area (Å²) in [7, 11) is 1.91. The van der Waals surface area contributed by atoms with Crippen molar-refractivity contribution < 1.29 is 18.3 Å². The Morgan fingerprint density at radius 1 is 1.25 bits per heavy atom. The van der Waals surface area contributed by atoms with Gasteiger partial charge >= 0.3 is 6.09 Å². The molecule has 176 valence electrons. The number of aromatic nitrogens is 3. The van der Waals surface area contributed by atoms with E-state index >= 15 is 0 Å². The second-order valence-electron chi connectivity index (χ2n) is 8.91. The van der Waals surface area contributed by atoms with Crippen LogP contribution in [0.2, 0.25) is 0 Å². The van der Waals surface area contributed by atoms with Crippen LogP contribution in [-0.4, -0.2) is 45.5 Å². The number of pyridine rings is 1. The lowest BCUT2D eigenvalue weighted by atomic mass is 10.1. The predicted molar refractivity (Wildman–Crippen MR) is 123 cm³/mol. The van der Waals surface area contributed by atoms with Crippen molar-refractivity contribution in [2.45, 2.75) is 69.3 Å². The van der Waals surface area contributed by atoms with Crippen LogP contribution < -0.4 is 10.2 Å². The SMILES string of the molecule is CCc1cc(SCc2cc(N3CCC(F)(F)CC3)cc(NC(=O)OC(C)(C)C)n2)nn1C. The lowest BCUT2D eigenvalue weighted by Gasteiger charge is -2.33. The van der Waals surface area contributed by atoms with E-state index in [2.05, 4.69) is 22.3 Å². The van der Waals surface area contributed by atoms with Crippen molar-refractivity contribution in [2.75, 3.05) is 23.3 Å². The lowest BCUT2D eigenvalue weighted by molar-refractivity contribution is -0.0220. The number of ether oxygens (including phenoxy) is 1. The predicted octanol–water partition coefficient (Wildman–Crippen LogP) is 5.25. The minimum Gasteiger partial charge on any atom is -0.444 e. The molecule has 1 aliphatic rings. The number of piperidine rings is 1. The van der Waals surface area contributed by atoms with Crippen molar-refractivity contribution in [1.82, 2.24) is 14.8 Å². The Bertz CT molecular complexity index is 948. The molecular weight excluding hydrogens is 436 g/mol. The number of amides is 1. The van der Waals surface area contributed by atoms with Gasteiger partial charge in [0.2, 0.25) is 0 Å². The van der Waals surface area contributed by atoms with E-state index in [0.29, 0.717) is 11.6 Å². The maximum Gasteiger partial charge on any atom is 0.413 e. The molecule has 0 saturated carbocycles. The highest BCUT2D eigenvalue weighted by atomic mass is 32.2. The third kappa shape index (κ3) is 6.82. The quantitative estimate of drug-likeness (QED) is 0.585. The molecule has 1 N–H and O–H groups in total. The van der Waals surface area contributed by atoms with E-state index in [1.165, 1.54) is 11.8 Å². The molecular formula is C22H31F2N5O2S. The molecule has 1 fully saturated rings. The van der Waals surface area contributed by atoms with Crippen LogP contribution in [0.25, 0.3) is 0 Å². The van der Waals surface area contributed by atoms with Crippen molar-refractivity contribution in [3.63, 3.8) is 0 Å². The van der Waals surface area contributed by atoms with Crippen LogP contribution in [0.4, 0.5) is 25.1 Å². The summed E-state index contributed by atoms with van der Waals surface area (Å²) in [5.74, 6) is -1.77. The average molecular weight is 468 g/mol. The van der Waals surface area contributed by atoms with Crippen LogP contribution in [0.5, 0.6) is 0 Å². The summed E-state index contributed by atoms with van der Waals surface area (Å²) in [4.78, 5) is 18.7. The third-order valence-electron chi connectivity index (χ3n) is 5.04. The Balaban J connectivity index is 1.79. The van der Waals surface area contributed by atoms with Crippen LogP contribution >= 0.6 is 11.8 Å². The Morgan fingerprint density at radius 2 is 1.94 bits per heavy atom. The number of alkyl halides is 2. The first-order chi connectivity index (χ1) is 14.9. The van der Waals surface area contributed by atoms with E-state index in [-0.39, 0.29) is 25.9 Å². The number of nitrogens with zero attached hydrogens (tertiary/aromatic N) is 4. The first kappa shape index (κ1) is 24.3. The molecule has 2 aromatic rings. The van der Waals surface area contributed by atoms with Crippen LogP contribution in [-0.2, 0) is 24.0 Å². The first-order valence-corrected chi connectivity index (χ1v) is 11.7. The standard InChI is InChI=1S/C22H31F2N5O2S/c1-6-16-13-19(27-28(16)5)32-14-15-11-17(29-9-7-22(23,24)8-10-29)12-18(25-15)26-20(30)31-21(2,3)4/h11-13H,6-10,14H2,1-5H3,(H,25,26,30). The number of hydrogen-bond donors (Lipinski definition) is 1. The second-order valence-corrected chi connectivity index (χ2v) is 9.91. The monoisotopic (exact) mass is 467 g/mol. The van der Waals surface area contributed by atoms with Gasteiger partial charge in [-0.3, -0.25) is 10.00 Å². The van der Waals surface area contributed by atoms with E-state index in [1.807, 2.05) is 28.8 Å². The van der Waals surface area contributed by atoms with Gasteiger partial charge in [0.05, 0.1) is 5.69 Å². The number of aryl methyl sites for hydroxylation is 2. The molecule has 0 radical (unpaired) electrons. The molecule has 1 saturated heterocycles. The van der Waals surface area contributed by atoms with Gasteiger partial charge in [-0.2, -0.15) is 5.10 Å². The minimum absolute atomic E-state index is 0.192. The number of rotatable bonds is 6. The fourth-order valence-electron chi connectivity index (χ4n) is 3.42. The normalized spacial score (nSPS) is 16.2. The summed E-state index contributed by atoms with van der Waals surface area (Å²) in [6.45, 7) is 7.91. The number of carbonyl (C=O) groups excluding carboxylic acids is 1. The molecule has 1 aliphatic heterocycles. The fourth-order valence-corrected chi connectivity index (χ4v) is 4.26. The van der Waals surface area contributed by atoms with Gasteiger partial charge < -0.3 is 9.64 Å². The van der Waals surface area contributed by atoms with Gasteiger partial charge in [-0.05, 0) is 39.3 Å². The van der Waals surface area contributed by atoms with Crippen LogP contribution in [0, 0.1) is 0 Å². The van der Waals surface area contributed by atoms with E-state index in [9.17, 15) is 13.6 Å². The minimum atomic E-state index is -2.63. The number of halogens is 2. The lowest BCUT2D eigenvalue weighted by Crippen LogP contribution is -2.39. The maximum atomic E-state index is 13.6. The van der Waals surface area contributed by atoms with Gasteiger partial charge in [0.25, 0.3) is 5.92 Å². The van der Waals surface area contributed by atoms with Crippen molar-refractivity contribution >= 4 is 29.4 Å². The number of nitrogens with one attached hydrogen (secondary N) is 1. The molecule has 0 aromatic carbocycles. The topological polar surface area (TPSA) is 72.3 Å². The zero-order chi connectivity index (χ0) is 23.5. The van der Waals surface area contributed by atoms with Crippen LogP contribution in [0.1, 0.15) is 51.9 Å². The fraction of sp³-hybridized carbons (Fsp3) is 0.591. The second kappa shape index (κ2) is 9.64. The van der Waals surface area contributed by atoms with Gasteiger partial charge in [-0.1, -0.05) is 18.7 Å². The van der Waals surface area contributed by atoms with Gasteiger partial charge in [-0.15, -0.1) is 0 Å². The highest BCUT2D eigenvalue weighted by Crippen LogP contribution is 2.32. The number of thioether (sulfide) groups is 1. The van der Waals surface area contributed by atoms with Crippen LogP contribution in [0.3, 0.4) is 0 Å². The van der Waals surface area contributed by atoms with E-state index in [1.54, 1.807) is 26.8 Å². The van der Waals surface area contributed by atoms with Crippen molar-refractivity contribution in [2.24, 2.45) is 7.05 Å². The smallest absolute Gasteiger partial charge is 0.413 e. The molecule has 0 bridgehead atoms. The van der Waals surface area contributed by atoms with Crippen molar-refractivity contribution in [1.29, 1.82) is 0 Å². The molecule has 0 spiro atoms. The summed E-state index contributed by atoms with van der Waals surface area (Å²) in [5, 5.41) is 8.07. The zero-order valence-corrected chi connectivity index (χ0v) is 20.1. The Kier molecular flexibility index (Phi) is 7.32. The van der Waals surface area contributed by atoms with Gasteiger partial charge in [0, 0.05) is 56.2 Å². The van der Waals surface area contributed by atoms with Crippen molar-refractivity contribution in [3.05, 3.63) is 29.6 Å². The molecule has 3 rings (SSSR count). The summed E-state index contributed by atoms with van der Waals surface area (Å²) in [6.07, 6.45) is -0.103. The number of carbonyl (C=O) groups is 1. The summed E-state index contributed by atoms with van der Waals surface area (Å²) < 4.78 is 34.4.